The molecule has 0 saturated carbocycles. The standard InChI is InChI=1S/C35H39N5O2S/c1-41-27-13-9-25(10-14-27)22-40(23-26-11-15-28(42-2)16-12-26)35-33(36)34(31-7-3-4-8-32(31)38-35)37-21-29-17-18-30(43-29)24-39-19-5-6-20-39/h3-4,7-18H,5-6,19-24,36H2,1-2H3,(H,37,38). The lowest BCUT2D eigenvalue weighted by Gasteiger charge is -2.27. The monoisotopic (exact) mass is 593 g/mol. The number of likely N-dealkylation sites (tertiary alicyclic amines) is 1. The maximum absolute atomic E-state index is 7.02. The van der Waals surface area contributed by atoms with Crippen LogP contribution in [-0.4, -0.2) is 37.2 Å². The fourth-order valence-electron chi connectivity index (χ4n) is 5.69. The molecule has 1 aliphatic heterocycles. The number of ether oxygens (including phenoxy) is 2. The molecule has 0 unspecified atom stereocenters. The number of para-hydroxylation sites is 1. The summed E-state index contributed by atoms with van der Waals surface area (Å²) in [6.45, 7) is 5.43. The molecule has 3 aromatic carbocycles. The van der Waals surface area contributed by atoms with Crippen LogP contribution in [0.15, 0.2) is 84.9 Å². The quantitative estimate of drug-likeness (QED) is 0.157. The van der Waals surface area contributed by atoms with Gasteiger partial charge in [0.2, 0.25) is 0 Å². The van der Waals surface area contributed by atoms with Crippen molar-refractivity contribution in [3.8, 4) is 11.5 Å². The van der Waals surface area contributed by atoms with Crippen molar-refractivity contribution in [3.05, 3.63) is 106 Å². The van der Waals surface area contributed by atoms with Crippen LogP contribution in [0.25, 0.3) is 10.9 Å². The van der Waals surface area contributed by atoms with Crippen LogP contribution >= 0.6 is 11.3 Å². The number of nitrogens with one attached hydrogen (secondary N) is 1. The van der Waals surface area contributed by atoms with E-state index in [0.717, 1.165) is 51.6 Å². The molecular formula is C35H39N5O2S. The Hall–Kier alpha value is -4.27. The fourth-order valence-corrected chi connectivity index (χ4v) is 6.69. The number of methoxy groups -OCH3 is 2. The molecule has 0 radical (unpaired) electrons. The average molecular weight is 594 g/mol. The van der Waals surface area contributed by atoms with Crippen molar-refractivity contribution in [1.82, 2.24) is 9.88 Å². The molecule has 0 atom stereocenters. The summed E-state index contributed by atoms with van der Waals surface area (Å²) in [5.74, 6) is 2.42. The van der Waals surface area contributed by atoms with Crippen molar-refractivity contribution < 1.29 is 9.47 Å². The number of hydrogen-bond donors (Lipinski definition) is 2. The highest BCUT2D eigenvalue weighted by molar-refractivity contribution is 7.12. The van der Waals surface area contributed by atoms with Gasteiger partial charge >= 0.3 is 0 Å². The molecule has 1 saturated heterocycles. The first-order valence-corrected chi connectivity index (χ1v) is 15.6. The fraction of sp³-hybridized carbons (Fsp3) is 0.286. The van der Waals surface area contributed by atoms with Crippen LogP contribution in [0.3, 0.4) is 0 Å². The molecule has 2 aromatic heterocycles. The van der Waals surface area contributed by atoms with Crippen molar-refractivity contribution >= 4 is 39.4 Å². The number of pyridine rings is 1. The van der Waals surface area contributed by atoms with Crippen LogP contribution in [0.4, 0.5) is 17.2 Å². The van der Waals surface area contributed by atoms with E-state index in [4.69, 9.17) is 20.2 Å². The van der Waals surface area contributed by atoms with Gasteiger partial charge < -0.3 is 25.4 Å². The van der Waals surface area contributed by atoms with Crippen molar-refractivity contribution in [3.63, 3.8) is 0 Å². The molecule has 43 heavy (non-hydrogen) atoms. The third-order valence-corrected chi connectivity index (χ3v) is 9.08. The van der Waals surface area contributed by atoms with E-state index >= 15 is 0 Å². The minimum absolute atomic E-state index is 0.635. The van der Waals surface area contributed by atoms with Crippen molar-refractivity contribution in [1.29, 1.82) is 0 Å². The Labute approximate surface area is 257 Å². The number of hydrogen-bond acceptors (Lipinski definition) is 8. The second kappa shape index (κ2) is 13.4. The summed E-state index contributed by atoms with van der Waals surface area (Å²) in [5, 5.41) is 4.72. The largest absolute Gasteiger partial charge is 0.497 e. The van der Waals surface area contributed by atoms with Gasteiger partial charge in [-0.05, 0) is 79.5 Å². The van der Waals surface area contributed by atoms with E-state index < -0.39 is 0 Å². The highest BCUT2D eigenvalue weighted by atomic mass is 32.1. The number of nitrogen functional groups attached to an aromatic ring is 1. The van der Waals surface area contributed by atoms with Crippen molar-refractivity contribution in [2.45, 2.75) is 39.0 Å². The van der Waals surface area contributed by atoms with Crippen molar-refractivity contribution in [2.75, 3.05) is 43.3 Å². The first-order chi connectivity index (χ1) is 21.1. The van der Waals surface area contributed by atoms with Crippen LogP contribution in [-0.2, 0) is 26.2 Å². The maximum Gasteiger partial charge on any atom is 0.155 e. The molecule has 3 N–H and O–H groups in total. The highest BCUT2D eigenvalue weighted by Crippen LogP contribution is 2.37. The van der Waals surface area contributed by atoms with Crippen LogP contribution in [0.5, 0.6) is 11.5 Å². The zero-order chi connectivity index (χ0) is 29.6. The summed E-state index contributed by atoms with van der Waals surface area (Å²) in [6.07, 6.45) is 2.62. The summed E-state index contributed by atoms with van der Waals surface area (Å²) in [7, 11) is 3.37. The Balaban J connectivity index is 1.31. The first kappa shape index (κ1) is 28.8. The lowest BCUT2D eigenvalue weighted by atomic mass is 10.1. The Bertz CT molecular complexity index is 1600. The van der Waals surface area contributed by atoms with Gasteiger partial charge in [-0.3, -0.25) is 4.90 Å². The van der Waals surface area contributed by atoms with E-state index in [9.17, 15) is 0 Å². The Morgan fingerprint density at radius 2 is 1.42 bits per heavy atom. The highest BCUT2D eigenvalue weighted by Gasteiger charge is 2.20. The van der Waals surface area contributed by atoms with Crippen molar-refractivity contribution in [2.24, 2.45) is 0 Å². The molecule has 1 aliphatic rings. The molecule has 0 spiro atoms. The number of fused-ring (bicyclic) bond motifs is 1. The van der Waals surface area contributed by atoms with Crippen LogP contribution < -0.4 is 25.4 Å². The van der Waals surface area contributed by atoms with E-state index in [2.05, 4.69) is 63.6 Å². The number of anilines is 3. The van der Waals surface area contributed by atoms with E-state index in [1.54, 1.807) is 14.2 Å². The molecule has 3 heterocycles. The Morgan fingerprint density at radius 1 is 0.814 bits per heavy atom. The maximum atomic E-state index is 7.02. The number of nitrogens with two attached hydrogens (primary N) is 1. The van der Waals surface area contributed by atoms with Crippen LogP contribution in [0.2, 0.25) is 0 Å². The van der Waals surface area contributed by atoms with E-state index in [-0.39, 0.29) is 0 Å². The normalized spacial score (nSPS) is 13.3. The predicted octanol–water partition coefficient (Wildman–Crippen LogP) is 7.31. The topological polar surface area (TPSA) is 75.9 Å². The van der Waals surface area contributed by atoms with Gasteiger partial charge in [-0.15, -0.1) is 11.3 Å². The second-order valence-electron chi connectivity index (χ2n) is 11.0. The van der Waals surface area contributed by atoms with Gasteiger partial charge in [0.25, 0.3) is 0 Å². The summed E-state index contributed by atoms with van der Waals surface area (Å²) in [6, 6.07) is 29.0. The molecule has 222 valence electrons. The number of thiophene rings is 1. The summed E-state index contributed by atoms with van der Waals surface area (Å²) >= 11 is 1.88. The minimum Gasteiger partial charge on any atom is -0.497 e. The van der Waals surface area contributed by atoms with Gasteiger partial charge in [0, 0.05) is 41.3 Å². The van der Waals surface area contributed by atoms with Gasteiger partial charge in [0.15, 0.2) is 5.82 Å². The summed E-state index contributed by atoms with van der Waals surface area (Å²) < 4.78 is 10.8. The second-order valence-corrected chi connectivity index (χ2v) is 12.3. The zero-order valence-corrected chi connectivity index (χ0v) is 25.7. The third kappa shape index (κ3) is 6.87. The molecule has 6 rings (SSSR count). The Kier molecular flexibility index (Phi) is 8.96. The molecule has 0 bridgehead atoms. The first-order valence-electron chi connectivity index (χ1n) is 14.8. The molecule has 8 heteroatoms. The van der Waals surface area contributed by atoms with E-state index in [1.807, 2.05) is 47.7 Å². The SMILES string of the molecule is COc1ccc(CN(Cc2ccc(OC)cc2)c2nc3ccccc3c(NCc3ccc(CN4CCCC4)s3)c2N)cc1. The summed E-state index contributed by atoms with van der Waals surface area (Å²) in [4.78, 5) is 12.6. The van der Waals surface area contributed by atoms with Gasteiger partial charge in [-0.25, -0.2) is 4.98 Å². The summed E-state index contributed by atoms with van der Waals surface area (Å²) in [5.41, 5.74) is 11.8. The molecule has 0 aliphatic carbocycles. The smallest absolute Gasteiger partial charge is 0.155 e. The third-order valence-electron chi connectivity index (χ3n) is 8.01. The average Bonchev–Trinajstić information content (AvgIpc) is 3.73. The van der Waals surface area contributed by atoms with Crippen LogP contribution in [0, 0.1) is 0 Å². The molecule has 1 fully saturated rings. The predicted molar refractivity (Wildman–Crippen MR) is 178 cm³/mol. The van der Waals surface area contributed by atoms with Gasteiger partial charge in [0.05, 0.1) is 31.1 Å². The zero-order valence-electron chi connectivity index (χ0n) is 24.9. The molecule has 0 amide bonds. The van der Waals surface area contributed by atoms with Crippen LogP contribution in [0.1, 0.15) is 33.7 Å². The van der Waals surface area contributed by atoms with Gasteiger partial charge in [-0.2, -0.15) is 0 Å². The molecular weight excluding hydrogens is 554 g/mol. The van der Waals surface area contributed by atoms with Gasteiger partial charge in [-0.1, -0.05) is 42.5 Å². The molecule has 5 aromatic rings. The van der Waals surface area contributed by atoms with E-state index in [0.29, 0.717) is 25.3 Å². The lowest BCUT2D eigenvalue weighted by Crippen LogP contribution is -2.25. The van der Waals surface area contributed by atoms with E-state index in [1.165, 1.54) is 35.7 Å². The minimum atomic E-state index is 0.635. The Morgan fingerprint density at radius 3 is 2.05 bits per heavy atom. The number of rotatable bonds is 12. The number of nitrogens with zero attached hydrogens (tertiary/aromatic N) is 3. The number of aromatic nitrogens is 1. The lowest BCUT2D eigenvalue weighted by molar-refractivity contribution is 0.334. The molecule has 7 nitrogen and oxygen atoms in total. The number of benzene rings is 3. The van der Waals surface area contributed by atoms with Gasteiger partial charge in [0.1, 0.15) is 11.5 Å².